The van der Waals surface area contributed by atoms with Gasteiger partial charge in [0.15, 0.2) is 0 Å². The lowest BCUT2D eigenvalue weighted by Gasteiger charge is -2.39. The zero-order valence-electron chi connectivity index (χ0n) is 14.1. The van der Waals surface area contributed by atoms with Crippen molar-refractivity contribution in [3.63, 3.8) is 0 Å². The Kier molecular flexibility index (Phi) is 6.22. The van der Waals surface area contributed by atoms with Gasteiger partial charge >= 0.3 is 0 Å². The molecule has 1 aliphatic heterocycles. The van der Waals surface area contributed by atoms with Gasteiger partial charge in [0, 0.05) is 31.7 Å². The van der Waals surface area contributed by atoms with E-state index < -0.39 is 0 Å². The summed E-state index contributed by atoms with van der Waals surface area (Å²) in [5, 5.41) is 3.67. The maximum absolute atomic E-state index is 3.67. The Labute approximate surface area is 130 Å². The molecule has 3 nitrogen and oxygen atoms in total. The second-order valence-electron chi connectivity index (χ2n) is 6.34. The van der Waals surface area contributed by atoms with E-state index in [1.165, 1.54) is 37.2 Å². The molecule has 0 aliphatic carbocycles. The van der Waals surface area contributed by atoms with Crippen LogP contribution >= 0.6 is 0 Å². The number of nitrogens with zero attached hydrogens (tertiary/aromatic N) is 2. The fraction of sp³-hybridized carbons (Fsp3) is 0.667. The van der Waals surface area contributed by atoms with Crippen LogP contribution in [-0.2, 0) is 6.42 Å². The van der Waals surface area contributed by atoms with Crippen LogP contribution in [0.25, 0.3) is 0 Å². The van der Waals surface area contributed by atoms with E-state index in [-0.39, 0.29) is 0 Å². The minimum Gasteiger partial charge on any atom is -0.310 e. The minimum atomic E-state index is 0.458. The summed E-state index contributed by atoms with van der Waals surface area (Å²) in [6, 6.07) is 10.3. The molecule has 0 radical (unpaired) electrons. The number of aryl methyl sites for hydroxylation is 1. The number of piperazine rings is 1. The number of likely N-dealkylation sites (N-methyl/N-ethyl adjacent to an activating group) is 2. The van der Waals surface area contributed by atoms with Gasteiger partial charge in [0.25, 0.3) is 0 Å². The molecular formula is C18H31N3. The highest BCUT2D eigenvalue weighted by molar-refractivity contribution is 5.25. The largest absolute Gasteiger partial charge is 0.310 e. The molecule has 2 rings (SSSR count). The first kappa shape index (κ1) is 16.5. The topological polar surface area (TPSA) is 18.5 Å². The van der Waals surface area contributed by atoms with E-state index in [1.807, 2.05) is 0 Å². The molecule has 1 saturated heterocycles. The first-order valence-electron chi connectivity index (χ1n) is 8.35. The third-order valence-corrected chi connectivity index (χ3v) is 4.73. The highest BCUT2D eigenvalue weighted by Gasteiger charge is 2.25. The van der Waals surface area contributed by atoms with Gasteiger partial charge in [-0.1, -0.05) is 38.1 Å². The van der Waals surface area contributed by atoms with Gasteiger partial charge in [0.05, 0.1) is 0 Å². The lowest BCUT2D eigenvalue weighted by Crippen LogP contribution is -2.51. The summed E-state index contributed by atoms with van der Waals surface area (Å²) in [6.07, 6.45) is 2.29. The summed E-state index contributed by atoms with van der Waals surface area (Å²) < 4.78 is 0. The molecule has 0 aromatic heterocycles. The molecule has 0 spiro atoms. The fourth-order valence-corrected chi connectivity index (χ4v) is 3.20. The van der Waals surface area contributed by atoms with E-state index in [0.29, 0.717) is 12.1 Å². The van der Waals surface area contributed by atoms with Crippen LogP contribution in [0, 0.1) is 0 Å². The third-order valence-electron chi connectivity index (χ3n) is 4.73. The second-order valence-corrected chi connectivity index (χ2v) is 6.34. The van der Waals surface area contributed by atoms with E-state index in [1.54, 1.807) is 0 Å². The van der Waals surface area contributed by atoms with Crippen molar-refractivity contribution in [2.24, 2.45) is 0 Å². The normalized spacial score (nSPS) is 22.4. The van der Waals surface area contributed by atoms with Crippen LogP contribution in [0.3, 0.4) is 0 Å². The van der Waals surface area contributed by atoms with Crippen LogP contribution in [0.4, 0.5) is 0 Å². The molecule has 1 aromatic rings. The van der Waals surface area contributed by atoms with Crippen LogP contribution in [0.1, 0.15) is 37.4 Å². The van der Waals surface area contributed by atoms with Crippen LogP contribution in [-0.4, -0.2) is 56.1 Å². The molecule has 1 fully saturated rings. The third kappa shape index (κ3) is 4.53. The highest BCUT2D eigenvalue weighted by atomic mass is 15.3. The van der Waals surface area contributed by atoms with E-state index >= 15 is 0 Å². The number of nitrogens with one attached hydrogen (secondary N) is 1. The van der Waals surface area contributed by atoms with Crippen molar-refractivity contribution in [1.29, 1.82) is 0 Å². The zero-order chi connectivity index (χ0) is 15.2. The second kappa shape index (κ2) is 7.92. The van der Waals surface area contributed by atoms with Crippen molar-refractivity contribution in [2.45, 2.75) is 38.8 Å². The van der Waals surface area contributed by atoms with Crippen molar-refractivity contribution in [3.8, 4) is 0 Å². The number of rotatable bonds is 6. The smallest absolute Gasteiger partial charge is 0.0335 e. The van der Waals surface area contributed by atoms with Gasteiger partial charge in [0.2, 0.25) is 0 Å². The van der Waals surface area contributed by atoms with Gasteiger partial charge in [-0.25, -0.2) is 0 Å². The SMILES string of the molecule is CCNC(CC1CN(C)CCN1C)c1ccc(CC)cc1. The Balaban J connectivity index is 2.06. The highest BCUT2D eigenvalue weighted by Crippen LogP contribution is 2.23. The van der Waals surface area contributed by atoms with Crippen molar-refractivity contribution in [3.05, 3.63) is 35.4 Å². The fourth-order valence-electron chi connectivity index (χ4n) is 3.20. The molecule has 3 heteroatoms. The van der Waals surface area contributed by atoms with Crippen molar-refractivity contribution >= 4 is 0 Å². The minimum absolute atomic E-state index is 0.458. The van der Waals surface area contributed by atoms with Crippen LogP contribution < -0.4 is 5.32 Å². The van der Waals surface area contributed by atoms with Gasteiger partial charge in [0.1, 0.15) is 0 Å². The van der Waals surface area contributed by atoms with Crippen LogP contribution in [0.2, 0.25) is 0 Å². The average molecular weight is 289 g/mol. The standard InChI is InChI=1S/C18H31N3/c1-5-15-7-9-16(10-8-15)18(19-6-2)13-17-14-20(3)11-12-21(17)4/h7-10,17-19H,5-6,11-14H2,1-4H3. The Morgan fingerprint density at radius 3 is 2.48 bits per heavy atom. The lowest BCUT2D eigenvalue weighted by molar-refractivity contribution is 0.101. The molecule has 1 aromatic carbocycles. The summed E-state index contributed by atoms with van der Waals surface area (Å²) in [4.78, 5) is 4.97. The summed E-state index contributed by atoms with van der Waals surface area (Å²) >= 11 is 0. The van der Waals surface area contributed by atoms with Crippen LogP contribution in [0.5, 0.6) is 0 Å². The maximum Gasteiger partial charge on any atom is 0.0335 e. The first-order valence-corrected chi connectivity index (χ1v) is 8.35. The number of benzene rings is 1. The predicted octanol–water partition coefficient (Wildman–Crippen LogP) is 2.54. The molecule has 1 N–H and O–H groups in total. The molecule has 0 bridgehead atoms. The molecule has 2 atom stereocenters. The van der Waals surface area contributed by atoms with Crippen LogP contribution in [0.15, 0.2) is 24.3 Å². The summed E-state index contributed by atoms with van der Waals surface area (Å²) in [6.45, 7) is 8.96. The van der Waals surface area contributed by atoms with Gasteiger partial charge in [-0.3, -0.25) is 0 Å². The Bertz CT molecular complexity index is 415. The molecule has 1 aliphatic rings. The Morgan fingerprint density at radius 2 is 1.86 bits per heavy atom. The van der Waals surface area contributed by atoms with Gasteiger partial charge in [-0.05, 0) is 44.6 Å². The molecule has 2 unspecified atom stereocenters. The molecule has 0 saturated carbocycles. The van der Waals surface area contributed by atoms with Gasteiger partial charge < -0.3 is 15.1 Å². The van der Waals surface area contributed by atoms with Gasteiger partial charge in [-0.15, -0.1) is 0 Å². The quantitative estimate of drug-likeness (QED) is 0.868. The number of hydrogen-bond donors (Lipinski definition) is 1. The Morgan fingerprint density at radius 1 is 1.14 bits per heavy atom. The molecule has 1 heterocycles. The summed E-state index contributed by atoms with van der Waals surface area (Å²) in [5.41, 5.74) is 2.85. The molecule has 0 amide bonds. The first-order chi connectivity index (χ1) is 10.1. The molecule has 21 heavy (non-hydrogen) atoms. The van der Waals surface area contributed by atoms with Crippen molar-refractivity contribution in [2.75, 3.05) is 40.3 Å². The average Bonchev–Trinajstić information content (AvgIpc) is 2.50. The predicted molar refractivity (Wildman–Crippen MR) is 90.8 cm³/mol. The van der Waals surface area contributed by atoms with Gasteiger partial charge in [-0.2, -0.15) is 0 Å². The van der Waals surface area contributed by atoms with E-state index in [9.17, 15) is 0 Å². The van der Waals surface area contributed by atoms with Crippen molar-refractivity contribution < 1.29 is 0 Å². The maximum atomic E-state index is 3.67. The Hall–Kier alpha value is -0.900. The van der Waals surface area contributed by atoms with E-state index in [4.69, 9.17) is 0 Å². The van der Waals surface area contributed by atoms with Crippen molar-refractivity contribution in [1.82, 2.24) is 15.1 Å². The number of hydrogen-bond acceptors (Lipinski definition) is 3. The summed E-state index contributed by atoms with van der Waals surface area (Å²) in [7, 11) is 4.50. The van der Waals surface area contributed by atoms with E-state index in [0.717, 1.165) is 13.0 Å². The monoisotopic (exact) mass is 289 g/mol. The lowest BCUT2D eigenvalue weighted by atomic mass is 9.96. The summed E-state index contributed by atoms with van der Waals surface area (Å²) in [5.74, 6) is 0. The van der Waals surface area contributed by atoms with E-state index in [2.05, 4.69) is 67.3 Å². The zero-order valence-corrected chi connectivity index (χ0v) is 14.1. The molecular weight excluding hydrogens is 258 g/mol. The molecule has 118 valence electrons.